The average molecular weight is 577 g/mol. The fourth-order valence-electron chi connectivity index (χ4n) is 5.34. The van der Waals surface area contributed by atoms with Gasteiger partial charge in [-0.05, 0) is 60.9 Å². The number of rotatable bonds is 6. The van der Waals surface area contributed by atoms with Gasteiger partial charge in [0.1, 0.15) is 6.04 Å². The maximum absolute atomic E-state index is 14.0. The van der Waals surface area contributed by atoms with E-state index >= 15 is 0 Å². The molecule has 1 saturated heterocycles. The topological polar surface area (TPSA) is 128 Å². The summed E-state index contributed by atoms with van der Waals surface area (Å²) in [6, 6.07) is 19.7. The number of hydrogen-bond acceptors (Lipinski definition) is 5. The minimum absolute atomic E-state index is 0.115. The lowest BCUT2D eigenvalue weighted by Gasteiger charge is -2.45. The molecule has 0 saturated carbocycles. The fourth-order valence-corrected chi connectivity index (χ4v) is 5.51. The van der Waals surface area contributed by atoms with Crippen LogP contribution in [0.15, 0.2) is 72.8 Å². The van der Waals surface area contributed by atoms with Crippen molar-refractivity contribution in [1.29, 1.82) is 0 Å². The number of amides is 4. The van der Waals surface area contributed by atoms with Crippen LogP contribution in [-0.2, 0) is 21.6 Å². The molecule has 2 heterocycles. The molecule has 0 radical (unpaired) electrons. The lowest BCUT2D eigenvalue weighted by atomic mass is 9.83. The van der Waals surface area contributed by atoms with Crippen LogP contribution in [0.1, 0.15) is 34.3 Å². The second kappa shape index (κ2) is 11.5. The zero-order valence-corrected chi connectivity index (χ0v) is 23.1. The summed E-state index contributed by atoms with van der Waals surface area (Å²) in [5.74, 6) is -0.775. The molecule has 2 aliphatic rings. The minimum Gasteiger partial charge on any atom is -0.465 e. The maximum Gasteiger partial charge on any atom is 0.412 e. The monoisotopic (exact) mass is 576 g/mol. The fraction of sp³-hybridized carbons (Fsp3) is 0.267. The Morgan fingerprint density at radius 1 is 1.12 bits per heavy atom. The zero-order valence-electron chi connectivity index (χ0n) is 22.3. The summed E-state index contributed by atoms with van der Waals surface area (Å²) >= 11 is 6.29. The molecule has 3 N–H and O–H groups in total. The second-order valence-electron chi connectivity index (χ2n) is 10.2. The van der Waals surface area contributed by atoms with Gasteiger partial charge >= 0.3 is 12.2 Å². The van der Waals surface area contributed by atoms with E-state index in [0.717, 1.165) is 10.5 Å². The van der Waals surface area contributed by atoms with E-state index < -0.39 is 29.7 Å². The number of piperidine rings is 1. The predicted molar refractivity (Wildman–Crippen MR) is 153 cm³/mol. The number of nitrogens with zero attached hydrogens (tertiary/aromatic N) is 2. The number of benzene rings is 3. The summed E-state index contributed by atoms with van der Waals surface area (Å²) < 4.78 is 5.84. The molecule has 3 aromatic carbocycles. The van der Waals surface area contributed by atoms with Gasteiger partial charge in [0.2, 0.25) is 5.91 Å². The van der Waals surface area contributed by atoms with E-state index in [2.05, 4.69) is 10.6 Å². The van der Waals surface area contributed by atoms with E-state index in [1.807, 2.05) is 30.3 Å². The summed E-state index contributed by atoms with van der Waals surface area (Å²) in [6.07, 6.45) is -0.377. The van der Waals surface area contributed by atoms with Gasteiger partial charge in [-0.3, -0.25) is 19.8 Å². The number of carbonyl (C=O) groups excluding carboxylic acids is 3. The molecule has 11 heteroatoms. The second-order valence-corrected chi connectivity index (χ2v) is 10.6. The van der Waals surface area contributed by atoms with E-state index in [-0.39, 0.29) is 24.4 Å². The van der Waals surface area contributed by atoms with Crippen LogP contribution >= 0.6 is 11.6 Å². The number of carbonyl (C=O) groups is 4. The van der Waals surface area contributed by atoms with Crippen molar-refractivity contribution in [1.82, 2.24) is 10.2 Å². The van der Waals surface area contributed by atoms with Gasteiger partial charge < -0.3 is 20.1 Å². The van der Waals surface area contributed by atoms with Crippen molar-refractivity contribution in [3.8, 4) is 0 Å². The zero-order chi connectivity index (χ0) is 29.1. The van der Waals surface area contributed by atoms with Crippen molar-refractivity contribution in [2.45, 2.75) is 30.9 Å². The van der Waals surface area contributed by atoms with Crippen molar-refractivity contribution in [3.63, 3.8) is 0 Å². The van der Waals surface area contributed by atoms with Gasteiger partial charge in [-0.1, -0.05) is 41.9 Å². The highest BCUT2D eigenvalue weighted by atomic mass is 35.5. The third-order valence-electron chi connectivity index (χ3n) is 7.45. The molecule has 3 aromatic rings. The van der Waals surface area contributed by atoms with E-state index in [1.54, 1.807) is 23.1 Å². The Kier molecular flexibility index (Phi) is 7.85. The highest BCUT2D eigenvalue weighted by Crippen LogP contribution is 2.43. The SMILES string of the molecule is CN(C(=O)O)c1ccc(C(=O)N[C@@H](Cc2ccccc2)C(=O)N2CCC[C@@]3(C2)OC(=O)Nc2ccc(Cl)cc23)cc1. The van der Waals surface area contributed by atoms with Crippen LogP contribution in [0.4, 0.5) is 21.0 Å². The van der Waals surface area contributed by atoms with Crippen molar-refractivity contribution in [3.05, 3.63) is 94.5 Å². The number of likely N-dealkylation sites (tertiary alicyclic amines) is 1. The lowest BCUT2D eigenvalue weighted by molar-refractivity contribution is -0.141. The van der Waals surface area contributed by atoms with Crippen LogP contribution in [0.25, 0.3) is 0 Å². The first-order chi connectivity index (χ1) is 19.6. The Balaban J connectivity index is 1.40. The largest absolute Gasteiger partial charge is 0.465 e. The molecule has 0 aromatic heterocycles. The van der Waals surface area contributed by atoms with Crippen LogP contribution in [0, 0.1) is 0 Å². The summed E-state index contributed by atoms with van der Waals surface area (Å²) in [4.78, 5) is 53.7. The molecule has 5 rings (SSSR count). The minimum atomic E-state index is -1.13. The molecule has 41 heavy (non-hydrogen) atoms. The predicted octanol–water partition coefficient (Wildman–Crippen LogP) is 4.88. The number of halogens is 1. The number of carboxylic acid groups (broad SMARTS) is 1. The quantitative estimate of drug-likeness (QED) is 0.384. The first-order valence-corrected chi connectivity index (χ1v) is 13.5. The highest BCUT2D eigenvalue weighted by Gasteiger charge is 2.47. The third-order valence-corrected chi connectivity index (χ3v) is 7.69. The van der Waals surface area contributed by atoms with Gasteiger partial charge in [0.05, 0.1) is 12.2 Å². The summed E-state index contributed by atoms with van der Waals surface area (Å²) in [6.45, 7) is 0.544. The van der Waals surface area contributed by atoms with E-state index in [4.69, 9.17) is 16.3 Å². The van der Waals surface area contributed by atoms with Crippen LogP contribution in [-0.4, -0.2) is 60.2 Å². The van der Waals surface area contributed by atoms with E-state index in [1.165, 1.54) is 31.3 Å². The Labute approximate surface area is 241 Å². The van der Waals surface area contributed by atoms with Crippen molar-refractivity contribution in [2.24, 2.45) is 0 Å². The molecule has 10 nitrogen and oxygen atoms in total. The molecular formula is C30H29ClN4O6. The molecule has 4 amide bonds. The number of anilines is 2. The first-order valence-electron chi connectivity index (χ1n) is 13.2. The van der Waals surface area contributed by atoms with Crippen molar-refractivity contribution >= 4 is 47.0 Å². The number of hydrogen-bond donors (Lipinski definition) is 3. The van der Waals surface area contributed by atoms with Gasteiger partial charge in [-0.15, -0.1) is 0 Å². The van der Waals surface area contributed by atoms with Gasteiger partial charge in [-0.2, -0.15) is 0 Å². The first kappa shape index (κ1) is 28.0. The average Bonchev–Trinajstić information content (AvgIpc) is 2.97. The molecule has 1 spiro atoms. The van der Waals surface area contributed by atoms with Crippen molar-refractivity contribution in [2.75, 3.05) is 30.4 Å². The van der Waals surface area contributed by atoms with Crippen LogP contribution in [0.5, 0.6) is 0 Å². The smallest absolute Gasteiger partial charge is 0.412 e. The van der Waals surface area contributed by atoms with Crippen molar-refractivity contribution < 1.29 is 29.0 Å². The molecule has 2 aliphatic heterocycles. The molecule has 1 fully saturated rings. The standard InChI is InChI=1S/C30H29ClN4O6/c1-34(29(39)40)22-11-8-20(9-12-22)26(36)32-25(16-19-6-3-2-4-7-19)27(37)35-15-5-14-30(18-35)23-17-21(31)10-13-24(23)33-28(38)41-30/h2-4,6-13,17,25H,5,14-16,18H2,1H3,(H,32,36)(H,33,38)(H,39,40)/t25-,30-/m0/s1. The molecule has 0 aliphatic carbocycles. The molecule has 212 valence electrons. The van der Waals surface area contributed by atoms with Crippen LogP contribution in [0.3, 0.4) is 0 Å². The normalized spacial score (nSPS) is 18.5. The molecular weight excluding hydrogens is 548 g/mol. The van der Waals surface area contributed by atoms with Gasteiger partial charge in [0.25, 0.3) is 5.91 Å². The van der Waals surface area contributed by atoms with Crippen LogP contribution < -0.4 is 15.5 Å². The van der Waals surface area contributed by atoms with Crippen LogP contribution in [0.2, 0.25) is 5.02 Å². The Bertz CT molecular complexity index is 1480. The Morgan fingerprint density at radius 2 is 1.85 bits per heavy atom. The van der Waals surface area contributed by atoms with E-state index in [0.29, 0.717) is 41.3 Å². The number of nitrogens with one attached hydrogen (secondary N) is 2. The van der Waals surface area contributed by atoms with Gasteiger partial charge in [0.15, 0.2) is 5.60 Å². The maximum atomic E-state index is 14.0. The van der Waals surface area contributed by atoms with Gasteiger partial charge in [0, 0.05) is 41.9 Å². The summed E-state index contributed by atoms with van der Waals surface area (Å²) in [5, 5.41) is 15.3. The molecule has 0 unspecified atom stereocenters. The Hall–Kier alpha value is -4.57. The molecule has 2 atom stereocenters. The summed E-state index contributed by atoms with van der Waals surface area (Å²) in [5.41, 5.74) is 1.78. The Morgan fingerprint density at radius 3 is 2.56 bits per heavy atom. The molecule has 0 bridgehead atoms. The lowest BCUT2D eigenvalue weighted by Crippen LogP contribution is -2.57. The van der Waals surface area contributed by atoms with Gasteiger partial charge in [-0.25, -0.2) is 9.59 Å². The number of ether oxygens (including phenoxy) is 1. The summed E-state index contributed by atoms with van der Waals surface area (Å²) in [7, 11) is 1.41. The van der Waals surface area contributed by atoms with E-state index in [9.17, 15) is 24.3 Å². The highest BCUT2D eigenvalue weighted by molar-refractivity contribution is 6.30. The third kappa shape index (κ3) is 5.97. The number of fused-ring (bicyclic) bond motifs is 2.